The minimum atomic E-state index is -0.532. The number of anilines is 1. The molecule has 1 amide bonds. The molecule has 4 nitrogen and oxygen atoms in total. The van der Waals surface area contributed by atoms with E-state index >= 15 is 0 Å². The van der Waals surface area contributed by atoms with E-state index in [-0.39, 0.29) is 5.91 Å². The minimum absolute atomic E-state index is 0.187. The van der Waals surface area contributed by atoms with Gasteiger partial charge in [0, 0.05) is 12.4 Å². The van der Waals surface area contributed by atoms with E-state index in [4.69, 9.17) is 5.73 Å². The number of nitrogens with one attached hydrogen (secondary N) is 1. The maximum absolute atomic E-state index is 12.0. The van der Waals surface area contributed by atoms with Gasteiger partial charge in [-0.1, -0.05) is 30.3 Å². The van der Waals surface area contributed by atoms with Gasteiger partial charge in [-0.2, -0.15) is 0 Å². The van der Waals surface area contributed by atoms with Gasteiger partial charge < -0.3 is 11.1 Å². The molecule has 3 N–H and O–H groups in total. The third-order valence-electron chi connectivity index (χ3n) is 2.95. The van der Waals surface area contributed by atoms with Gasteiger partial charge in [-0.15, -0.1) is 0 Å². The number of aryl methyl sites for hydroxylation is 1. The summed E-state index contributed by atoms with van der Waals surface area (Å²) in [7, 11) is 0. The average Bonchev–Trinajstić information content (AvgIpc) is 2.48. The molecular formula is C15H16BrN3O. The van der Waals surface area contributed by atoms with Crippen molar-refractivity contribution < 1.29 is 4.79 Å². The Labute approximate surface area is 126 Å². The second-order valence-corrected chi connectivity index (χ2v) is 5.33. The fourth-order valence-corrected chi connectivity index (χ4v) is 2.15. The maximum Gasteiger partial charge on any atom is 0.241 e. The molecule has 1 aromatic carbocycles. The summed E-state index contributed by atoms with van der Waals surface area (Å²) in [5.74, 6) is -0.187. The molecule has 0 saturated heterocycles. The maximum atomic E-state index is 12.0. The number of rotatable bonds is 5. The summed E-state index contributed by atoms with van der Waals surface area (Å²) in [6.45, 7) is 0. The number of nitrogens with two attached hydrogens (primary N) is 1. The van der Waals surface area contributed by atoms with Gasteiger partial charge >= 0.3 is 0 Å². The Balaban J connectivity index is 1.88. The van der Waals surface area contributed by atoms with Crippen LogP contribution < -0.4 is 11.1 Å². The van der Waals surface area contributed by atoms with Crippen molar-refractivity contribution in [3.05, 3.63) is 58.8 Å². The Morgan fingerprint density at radius 3 is 2.75 bits per heavy atom. The topological polar surface area (TPSA) is 68.0 Å². The number of halogens is 1. The zero-order valence-electron chi connectivity index (χ0n) is 10.9. The largest absolute Gasteiger partial charge is 0.324 e. The Bertz CT molecular complexity index is 574. The first-order valence-electron chi connectivity index (χ1n) is 6.36. The van der Waals surface area contributed by atoms with Crippen LogP contribution in [0.5, 0.6) is 0 Å². The molecule has 2 rings (SSSR count). The van der Waals surface area contributed by atoms with Crippen LogP contribution in [0.2, 0.25) is 0 Å². The summed E-state index contributed by atoms with van der Waals surface area (Å²) in [5, 5.41) is 2.80. The summed E-state index contributed by atoms with van der Waals surface area (Å²) in [6.07, 6.45) is 4.65. The first-order chi connectivity index (χ1) is 9.66. The molecule has 0 spiro atoms. The zero-order valence-corrected chi connectivity index (χ0v) is 12.5. The van der Waals surface area contributed by atoms with E-state index in [0.717, 1.165) is 10.9 Å². The Hall–Kier alpha value is -1.72. The number of carbonyl (C=O) groups excluding carboxylic acids is 1. The molecule has 1 atom stereocenters. The molecule has 0 aliphatic rings. The van der Waals surface area contributed by atoms with E-state index in [1.165, 1.54) is 5.56 Å². The second kappa shape index (κ2) is 7.17. The van der Waals surface area contributed by atoms with Crippen molar-refractivity contribution in [3.63, 3.8) is 0 Å². The number of pyridine rings is 1. The van der Waals surface area contributed by atoms with Crippen LogP contribution in [-0.2, 0) is 11.2 Å². The minimum Gasteiger partial charge on any atom is -0.324 e. The lowest BCUT2D eigenvalue weighted by molar-refractivity contribution is -0.117. The van der Waals surface area contributed by atoms with Gasteiger partial charge in [0.05, 0.1) is 16.2 Å². The van der Waals surface area contributed by atoms with Crippen molar-refractivity contribution in [1.29, 1.82) is 0 Å². The highest BCUT2D eigenvalue weighted by Gasteiger charge is 2.14. The van der Waals surface area contributed by atoms with E-state index in [0.29, 0.717) is 12.1 Å². The van der Waals surface area contributed by atoms with E-state index in [2.05, 4.69) is 26.2 Å². The van der Waals surface area contributed by atoms with Crippen LogP contribution in [0.1, 0.15) is 12.0 Å². The van der Waals surface area contributed by atoms with Gasteiger partial charge in [0.25, 0.3) is 0 Å². The highest BCUT2D eigenvalue weighted by atomic mass is 79.9. The van der Waals surface area contributed by atoms with Crippen molar-refractivity contribution in [2.45, 2.75) is 18.9 Å². The molecule has 0 aliphatic heterocycles. The smallest absolute Gasteiger partial charge is 0.241 e. The molecular weight excluding hydrogens is 318 g/mol. The third kappa shape index (κ3) is 4.15. The lowest BCUT2D eigenvalue weighted by Gasteiger charge is -2.13. The Morgan fingerprint density at radius 1 is 1.30 bits per heavy atom. The standard InChI is InChI=1S/C15H16BrN3O/c16-12-10-18-9-8-14(12)19-15(20)13(17)7-6-11-4-2-1-3-5-11/h1-5,8-10,13H,6-7,17H2,(H,18,19,20)/t13-/m0/s1. The first kappa shape index (κ1) is 14.7. The van der Waals surface area contributed by atoms with Crippen LogP contribution in [0.4, 0.5) is 5.69 Å². The highest BCUT2D eigenvalue weighted by molar-refractivity contribution is 9.10. The van der Waals surface area contributed by atoms with E-state index in [1.807, 2.05) is 30.3 Å². The normalized spacial score (nSPS) is 11.9. The number of aromatic nitrogens is 1. The average molecular weight is 334 g/mol. The predicted octanol–water partition coefficient (Wildman–Crippen LogP) is 2.74. The lowest BCUT2D eigenvalue weighted by atomic mass is 10.1. The Kier molecular flexibility index (Phi) is 5.26. The van der Waals surface area contributed by atoms with Crippen molar-refractivity contribution >= 4 is 27.5 Å². The van der Waals surface area contributed by atoms with Crippen LogP contribution in [0.3, 0.4) is 0 Å². The van der Waals surface area contributed by atoms with Crippen molar-refractivity contribution in [2.24, 2.45) is 5.73 Å². The monoisotopic (exact) mass is 333 g/mol. The second-order valence-electron chi connectivity index (χ2n) is 4.48. The molecule has 0 aliphatic carbocycles. The van der Waals surface area contributed by atoms with Gasteiger partial charge in [0.1, 0.15) is 0 Å². The van der Waals surface area contributed by atoms with E-state index in [9.17, 15) is 4.79 Å². The van der Waals surface area contributed by atoms with E-state index < -0.39 is 6.04 Å². The molecule has 1 aromatic heterocycles. The van der Waals surface area contributed by atoms with Gasteiger partial charge in [0.15, 0.2) is 0 Å². The third-order valence-corrected chi connectivity index (χ3v) is 3.59. The fraction of sp³-hybridized carbons (Fsp3) is 0.200. The fourth-order valence-electron chi connectivity index (χ4n) is 1.80. The Morgan fingerprint density at radius 2 is 2.05 bits per heavy atom. The molecule has 0 fully saturated rings. The van der Waals surface area contributed by atoms with E-state index in [1.54, 1.807) is 18.5 Å². The summed E-state index contributed by atoms with van der Waals surface area (Å²) in [4.78, 5) is 16.0. The van der Waals surface area contributed by atoms with Crippen molar-refractivity contribution in [3.8, 4) is 0 Å². The number of hydrogen-bond donors (Lipinski definition) is 2. The molecule has 104 valence electrons. The molecule has 2 aromatic rings. The molecule has 0 saturated carbocycles. The number of hydrogen-bond acceptors (Lipinski definition) is 3. The van der Waals surface area contributed by atoms with Crippen molar-refractivity contribution in [1.82, 2.24) is 4.98 Å². The van der Waals surface area contributed by atoms with Gasteiger partial charge in [-0.25, -0.2) is 0 Å². The first-order valence-corrected chi connectivity index (χ1v) is 7.16. The summed E-state index contributed by atoms with van der Waals surface area (Å²) in [5.41, 5.74) is 7.78. The molecule has 0 unspecified atom stereocenters. The van der Waals surface area contributed by atoms with Crippen LogP contribution >= 0.6 is 15.9 Å². The summed E-state index contributed by atoms with van der Waals surface area (Å²) >= 11 is 3.33. The van der Waals surface area contributed by atoms with Gasteiger partial charge in [-0.05, 0) is 40.4 Å². The summed E-state index contributed by atoms with van der Waals surface area (Å²) < 4.78 is 0.739. The molecule has 20 heavy (non-hydrogen) atoms. The number of amides is 1. The van der Waals surface area contributed by atoms with Crippen LogP contribution in [0.15, 0.2) is 53.3 Å². The van der Waals surface area contributed by atoms with Crippen LogP contribution in [0.25, 0.3) is 0 Å². The quantitative estimate of drug-likeness (QED) is 0.883. The number of carbonyl (C=O) groups is 1. The number of nitrogens with zero attached hydrogens (tertiary/aromatic N) is 1. The molecule has 0 radical (unpaired) electrons. The van der Waals surface area contributed by atoms with Crippen LogP contribution in [0, 0.1) is 0 Å². The van der Waals surface area contributed by atoms with Gasteiger partial charge in [-0.3, -0.25) is 9.78 Å². The van der Waals surface area contributed by atoms with Crippen molar-refractivity contribution in [2.75, 3.05) is 5.32 Å². The zero-order chi connectivity index (χ0) is 14.4. The molecule has 5 heteroatoms. The molecule has 0 bridgehead atoms. The lowest BCUT2D eigenvalue weighted by Crippen LogP contribution is -2.36. The number of benzene rings is 1. The SMILES string of the molecule is N[C@@H](CCc1ccccc1)C(=O)Nc1ccncc1Br. The van der Waals surface area contributed by atoms with Crippen LogP contribution in [-0.4, -0.2) is 16.9 Å². The predicted molar refractivity (Wildman–Crippen MR) is 83.3 cm³/mol. The molecule has 1 heterocycles. The van der Waals surface area contributed by atoms with Gasteiger partial charge in [0.2, 0.25) is 5.91 Å². The summed E-state index contributed by atoms with van der Waals surface area (Å²) in [6, 6.07) is 11.2. The highest BCUT2D eigenvalue weighted by Crippen LogP contribution is 2.20.